The monoisotopic (exact) mass is 188 g/mol. The van der Waals surface area contributed by atoms with Gasteiger partial charge in [0.05, 0.1) is 13.7 Å². The quantitative estimate of drug-likeness (QED) is 0.531. The molecule has 1 saturated heterocycles. The van der Waals surface area contributed by atoms with Crippen LogP contribution in [-0.2, 0) is 14.3 Å². The summed E-state index contributed by atoms with van der Waals surface area (Å²) in [5, 5.41) is 2.73. The zero-order valence-corrected chi connectivity index (χ0v) is 8.00. The first-order valence-electron chi connectivity index (χ1n) is 4.16. The highest BCUT2D eigenvalue weighted by Gasteiger charge is 2.17. The summed E-state index contributed by atoms with van der Waals surface area (Å²) in [4.78, 5) is 20.3. The highest BCUT2D eigenvalue weighted by Crippen LogP contribution is 2.05. The maximum atomic E-state index is 10.5. The maximum Gasteiger partial charge on any atom is 0.319 e. The van der Waals surface area contributed by atoms with Crippen LogP contribution in [0.2, 0.25) is 0 Å². The molecule has 0 saturated carbocycles. The molecule has 1 fully saturated rings. The SMILES string of the molecule is CC1CCNC1=O.COC(=O)CN. The Morgan fingerprint density at radius 2 is 2.38 bits per heavy atom. The first-order chi connectivity index (χ1) is 6.11. The van der Waals surface area contributed by atoms with Gasteiger partial charge in [-0.15, -0.1) is 0 Å². The Bertz CT molecular complexity index is 176. The molecule has 0 aromatic rings. The lowest BCUT2D eigenvalue weighted by atomic mass is 10.1. The van der Waals surface area contributed by atoms with E-state index in [1.54, 1.807) is 0 Å². The number of carbonyl (C=O) groups is 2. The predicted molar refractivity (Wildman–Crippen MR) is 47.9 cm³/mol. The number of esters is 1. The third-order valence-corrected chi connectivity index (χ3v) is 1.72. The minimum atomic E-state index is -0.380. The van der Waals surface area contributed by atoms with E-state index in [0.717, 1.165) is 13.0 Å². The Balaban J connectivity index is 0.000000226. The van der Waals surface area contributed by atoms with Gasteiger partial charge in [0.2, 0.25) is 5.91 Å². The average Bonchev–Trinajstić information content (AvgIpc) is 2.51. The van der Waals surface area contributed by atoms with Crippen LogP contribution in [-0.4, -0.2) is 32.1 Å². The van der Waals surface area contributed by atoms with Crippen LogP contribution in [0.3, 0.4) is 0 Å². The number of hydrogen-bond acceptors (Lipinski definition) is 4. The van der Waals surface area contributed by atoms with Crippen molar-refractivity contribution < 1.29 is 14.3 Å². The van der Waals surface area contributed by atoms with Crippen molar-refractivity contribution in [3.8, 4) is 0 Å². The van der Waals surface area contributed by atoms with E-state index in [1.807, 2.05) is 6.92 Å². The summed E-state index contributed by atoms with van der Waals surface area (Å²) in [7, 11) is 1.30. The molecule has 0 aromatic carbocycles. The maximum absolute atomic E-state index is 10.5. The summed E-state index contributed by atoms with van der Waals surface area (Å²) < 4.78 is 4.14. The Morgan fingerprint density at radius 3 is 2.46 bits per heavy atom. The molecule has 0 spiro atoms. The minimum absolute atomic E-state index is 0.0312. The minimum Gasteiger partial charge on any atom is -0.468 e. The van der Waals surface area contributed by atoms with Crippen LogP contribution in [0.4, 0.5) is 0 Å². The number of hydrogen-bond donors (Lipinski definition) is 2. The molecule has 0 bridgehead atoms. The van der Waals surface area contributed by atoms with Crippen LogP contribution < -0.4 is 11.1 Å². The van der Waals surface area contributed by atoms with Gasteiger partial charge < -0.3 is 15.8 Å². The lowest BCUT2D eigenvalue weighted by molar-refractivity contribution is -0.138. The van der Waals surface area contributed by atoms with E-state index < -0.39 is 0 Å². The van der Waals surface area contributed by atoms with Gasteiger partial charge in [-0.2, -0.15) is 0 Å². The molecule has 5 heteroatoms. The highest BCUT2D eigenvalue weighted by atomic mass is 16.5. The number of nitrogens with two attached hydrogens (primary N) is 1. The van der Waals surface area contributed by atoms with E-state index in [0.29, 0.717) is 0 Å². The summed E-state index contributed by atoms with van der Waals surface area (Å²) in [5.74, 6) is 0.0926. The largest absolute Gasteiger partial charge is 0.468 e. The van der Waals surface area contributed by atoms with E-state index in [1.165, 1.54) is 7.11 Å². The van der Waals surface area contributed by atoms with Gasteiger partial charge in [-0.25, -0.2) is 0 Å². The van der Waals surface area contributed by atoms with Crippen molar-refractivity contribution in [2.45, 2.75) is 13.3 Å². The number of methoxy groups -OCH3 is 1. The molecule has 76 valence electrons. The molecule has 13 heavy (non-hydrogen) atoms. The molecule has 0 radical (unpaired) electrons. The van der Waals surface area contributed by atoms with Gasteiger partial charge in [-0.3, -0.25) is 9.59 Å². The Labute approximate surface area is 77.6 Å². The van der Waals surface area contributed by atoms with Crippen molar-refractivity contribution >= 4 is 11.9 Å². The van der Waals surface area contributed by atoms with Gasteiger partial charge in [0.25, 0.3) is 0 Å². The summed E-state index contributed by atoms with van der Waals surface area (Å²) in [6.07, 6.45) is 1.01. The molecule has 1 amide bonds. The zero-order chi connectivity index (χ0) is 10.3. The lowest BCUT2D eigenvalue weighted by Gasteiger charge is -1.90. The van der Waals surface area contributed by atoms with Crippen molar-refractivity contribution in [3.05, 3.63) is 0 Å². The third kappa shape index (κ3) is 5.19. The fourth-order valence-electron chi connectivity index (χ4n) is 0.801. The topological polar surface area (TPSA) is 81.4 Å². The van der Waals surface area contributed by atoms with Crippen LogP contribution in [0.5, 0.6) is 0 Å². The van der Waals surface area contributed by atoms with E-state index in [-0.39, 0.29) is 24.3 Å². The Morgan fingerprint density at radius 1 is 1.77 bits per heavy atom. The van der Waals surface area contributed by atoms with E-state index >= 15 is 0 Å². The molecular weight excluding hydrogens is 172 g/mol. The fraction of sp³-hybridized carbons (Fsp3) is 0.750. The van der Waals surface area contributed by atoms with Gasteiger partial charge in [-0.05, 0) is 6.42 Å². The fourth-order valence-corrected chi connectivity index (χ4v) is 0.801. The molecule has 1 rings (SSSR count). The summed E-state index contributed by atoms with van der Waals surface area (Å²) >= 11 is 0. The van der Waals surface area contributed by atoms with E-state index in [9.17, 15) is 9.59 Å². The Kier molecular flexibility index (Phi) is 5.88. The molecule has 3 N–H and O–H groups in total. The normalized spacial score (nSPS) is 19.9. The summed E-state index contributed by atoms with van der Waals surface area (Å²) in [6, 6.07) is 0. The molecular formula is C8H16N2O3. The van der Waals surface area contributed by atoms with Gasteiger partial charge in [0.1, 0.15) is 0 Å². The van der Waals surface area contributed by atoms with Crippen LogP contribution in [0.25, 0.3) is 0 Å². The first kappa shape index (κ1) is 11.9. The third-order valence-electron chi connectivity index (χ3n) is 1.72. The van der Waals surface area contributed by atoms with E-state index in [4.69, 9.17) is 5.73 Å². The summed E-state index contributed by atoms with van der Waals surface area (Å²) in [6.45, 7) is 2.79. The van der Waals surface area contributed by atoms with Gasteiger partial charge >= 0.3 is 5.97 Å². The lowest BCUT2D eigenvalue weighted by Crippen LogP contribution is -2.16. The zero-order valence-electron chi connectivity index (χ0n) is 8.00. The van der Waals surface area contributed by atoms with Crippen LogP contribution >= 0.6 is 0 Å². The molecule has 0 aliphatic carbocycles. The van der Waals surface area contributed by atoms with Crippen molar-refractivity contribution in [3.63, 3.8) is 0 Å². The van der Waals surface area contributed by atoms with Gasteiger partial charge in [0.15, 0.2) is 0 Å². The molecule has 5 nitrogen and oxygen atoms in total. The number of amides is 1. The number of nitrogens with one attached hydrogen (secondary N) is 1. The second kappa shape index (κ2) is 6.42. The smallest absolute Gasteiger partial charge is 0.319 e. The number of ether oxygens (including phenoxy) is 1. The van der Waals surface area contributed by atoms with Crippen LogP contribution in [0.1, 0.15) is 13.3 Å². The molecule has 1 atom stereocenters. The van der Waals surface area contributed by atoms with Crippen molar-refractivity contribution in [2.75, 3.05) is 20.2 Å². The number of rotatable bonds is 1. The van der Waals surface area contributed by atoms with E-state index in [2.05, 4.69) is 10.1 Å². The van der Waals surface area contributed by atoms with Crippen molar-refractivity contribution in [1.29, 1.82) is 0 Å². The second-order valence-corrected chi connectivity index (χ2v) is 2.76. The average molecular weight is 188 g/mol. The van der Waals surface area contributed by atoms with Crippen LogP contribution in [0, 0.1) is 5.92 Å². The predicted octanol–water partition coefficient (Wildman–Crippen LogP) is -0.739. The first-order valence-corrected chi connectivity index (χ1v) is 4.16. The molecule has 1 heterocycles. The van der Waals surface area contributed by atoms with Gasteiger partial charge in [0, 0.05) is 12.5 Å². The van der Waals surface area contributed by atoms with Gasteiger partial charge in [-0.1, -0.05) is 6.92 Å². The molecule has 1 aliphatic heterocycles. The second-order valence-electron chi connectivity index (χ2n) is 2.76. The van der Waals surface area contributed by atoms with Crippen molar-refractivity contribution in [1.82, 2.24) is 5.32 Å². The molecule has 0 aromatic heterocycles. The molecule has 1 unspecified atom stereocenters. The standard InChI is InChI=1S/C5H9NO.C3H7NO2/c1-4-2-3-6-5(4)7;1-6-3(5)2-4/h4H,2-3H2,1H3,(H,6,7);2,4H2,1H3. The highest BCUT2D eigenvalue weighted by molar-refractivity contribution is 5.80. The summed E-state index contributed by atoms with van der Waals surface area (Å²) in [5.41, 5.74) is 4.81. The Hall–Kier alpha value is -1.10. The molecule has 1 aliphatic rings. The number of carbonyl (C=O) groups excluding carboxylic acids is 2. The van der Waals surface area contributed by atoms with Crippen LogP contribution in [0.15, 0.2) is 0 Å². The van der Waals surface area contributed by atoms with Crippen molar-refractivity contribution in [2.24, 2.45) is 11.7 Å².